The van der Waals surface area contributed by atoms with Gasteiger partial charge < -0.3 is 24.8 Å². The largest absolute Gasteiger partial charge is 0.472 e. The lowest BCUT2D eigenvalue weighted by molar-refractivity contribution is -0.161. The van der Waals surface area contributed by atoms with Crippen molar-refractivity contribution in [3.8, 4) is 0 Å². The Hall–Kier alpha value is -1.81. The van der Waals surface area contributed by atoms with Crippen LogP contribution in [-0.2, 0) is 37.4 Å². The van der Waals surface area contributed by atoms with Gasteiger partial charge >= 0.3 is 19.8 Å². The van der Waals surface area contributed by atoms with E-state index in [-0.39, 0.29) is 32.6 Å². The van der Waals surface area contributed by atoms with Crippen molar-refractivity contribution in [1.82, 2.24) is 0 Å². The first-order valence-electron chi connectivity index (χ1n) is 21.6. The lowest BCUT2D eigenvalue weighted by atomic mass is 10.0. The molecule has 0 bridgehead atoms. The third kappa shape index (κ3) is 32.4. The van der Waals surface area contributed by atoms with Gasteiger partial charge in [0.05, 0.1) is 25.4 Å². The minimum absolute atomic E-state index is 0.0432. The van der Waals surface area contributed by atoms with Gasteiger partial charge in [0.1, 0.15) is 6.61 Å². The zero-order chi connectivity index (χ0) is 39.4. The molecule has 0 saturated carbocycles. The SMILES string of the molecule is CCCCCCCCCCCCCCCCCC(=O)OC[C@H](COP(=O)(O)OCCN)OC(=O)CCC/C=C\C/C=C\C/C=C\CC1OC1CCCCC. The van der Waals surface area contributed by atoms with Crippen LogP contribution in [0.15, 0.2) is 36.5 Å². The first kappa shape index (κ1) is 50.2. The van der Waals surface area contributed by atoms with Crippen LogP contribution < -0.4 is 5.73 Å². The molecule has 0 aromatic rings. The Kier molecular flexibility index (Phi) is 33.1. The number of phosphoric ester groups is 1. The summed E-state index contributed by atoms with van der Waals surface area (Å²) in [7, 11) is -4.39. The second-order valence-corrected chi connectivity index (χ2v) is 16.1. The molecule has 314 valence electrons. The number of carbonyl (C=O) groups is 2. The molecule has 3 unspecified atom stereocenters. The normalized spacial score (nSPS) is 17.4. The van der Waals surface area contributed by atoms with E-state index in [0.29, 0.717) is 25.0 Å². The monoisotopic (exact) mass is 784 g/mol. The van der Waals surface area contributed by atoms with E-state index in [0.717, 1.165) is 38.5 Å². The van der Waals surface area contributed by atoms with Crippen LogP contribution in [0.2, 0.25) is 0 Å². The second-order valence-electron chi connectivity index (χ2n) is 14.6. The average molecular weight is 784 g/mol. The topological polar surface area (TPSA) is 147 Å². The van der Waals surface area contributed by atoms with E-state index in [4.69, 9.17) is 29.0 Å². The van der Waals surface area contributed by atoms with Crippen molar-refractivity contribution < 1.29 is 42.3 Å². The molecule has 1 rings (SSSR count). The molecule has 1 aliphatic rings. The van der Waals surface area contributed by atoms with Gasteiger partial charge in [-0.3, -0.25) is 18.6 Å². The van der Waals surface area contributed by atoms with Crippen molar-refractivity contribution in [3.63, 3.8) is 0 Å². The molecular formula is C43H78NO9P. The number of phosphoric acid groups is 1. The van der Waals surface area contributed by atoms with Crippen molar-refractivity contribution in [1.29, 1.82) is 0 Å². The summed E-state index contributed by atoms with van der Waals surface area (Å²) < 4.78 is 38.4. The highest BCUT2D eigenvalue weighted by atomic mass is 31.2. The fourth-order valence-electron chi connectivity index (χ4n) is 6.13. The Bertz CT molecular complexity index is 1050. The minimum Gasteiger partial charge on any atom is -0.462 e. The molecule has 3 N–H and O–H groups in total. The van der Waals surface area contributed by atoms with Gasteiger partial charge in [-0.05, 0) is 44.9 Å². The molecule has 1 aliphatic heterocycles. The van der Waals surface area contributed by atoms with Crippen molar-refractivity contribution >= 4 is 19.8 Å². The standard InChI is InChI=1S/C43H78NO9P/c1-3-5-7-8-9-10-11-12-13-14-15-19-22-25-29-33-42(45)49-37-39(38-51-54(47,48)50-36-35-44)52-43(46)34-30-26-23-20-17-16-18-21-24-28-32-41-40(53-41)31-27-6-4-2/h16,18,20,23-24,28,39-41H,3-15,17,19,21-22,25-27,29-38,44H2,1-2H3,(H,47,48)/b18-16-,23-20-,28-24-/t39-,40?,41?/m1/s1. The molecular weight excluding hydrogens is 705 g/mol. The molecule has 0 amide bonds. The Morgan fingerprint density at radius 2 is 1.20 bits per heavy atom. The van der Waals surface area contributed by atoms with Crippen LogP contribution >= 0.6 is 7.82 Å². The molecule has 0 aliphatic carbocycles. The molecule has 0 radical (unpaired) electrons. The molecule has 0 aromatic carbocycles. The maximum absolute atomic E-state index is 12.6. The van der Waals surface area contributed by atoms with E-state index in [1.165, 1.54) is 103 Å². The quantitative estimate of drug-likeness (QED) is 0.0203. The van der Waals surface area contributed by atoms with Gasteiger partial charge in [-0.1, -0.05) is 159 Å². The predicted molar refractivity (Wildman–Crippen MR) is 219 cm³/mol. The third-order valence-corrected chi connectivity index (χ3v) is 10.4. The van der Waals surface area contributed by atoms with Gasteiger partial charge in [0, 0.05) is 19.4 Å². The van der Waals surface area contributed by atoms with Gasteiger partial charge in [-0.15, -0.1) is 0 Å². The van der Waals surface area contributed by atoms with E-state index in [1.54, 1.807) is 0 Å². The number of allylic oxidation sites excluding steroid dienone is 5. The smallest absolute Gasteiger partial charge is 0.462 e. The van der Waals surface area contributed by atoms with Gasteiger partial charge in [0.15, 0.2) is 6.10 Å². The van der Waals surface area contributed by atoms with Crippen molar-refractivity contribution in [2.24, 2.45) is 5.73 Å². The van der Waals surface area contributed by atoms with Crippen LogP contribution in [0, 0.1) is 0 Å². The summed E-state index contributed by atoms with van der Waals surface area (Å²) in [5.41, 5.74) is 5.34. The molecule has 10 nitrogen and oxygen atoms in total. The average Bonchev–Trinajstić information content (AvgIpc) is 3.91. The first-order chi connectivity index (χ1) is 26.3. The van der Waals surface area contributed by atoms with Crippen LogP contribution in [0.3, 0.4) is 0 Å². The molecule has 1 heterocycles. The fourth-order valence-corrected chi connectivity index (χ4v) is 6.90. The molecule has 54 heavy (non-hydrogen) atoms. The zero-order valence-electron chi connectivity index (χ0n) is 34.1. The van der Waals surface area contributed by atoms with E-state index < -0.39 is 32.5 Å². The number of unbranched alkanes of at least 4 members (excludes halogenated alkanes) is 17. The number of ether oxygens (including phenoxy) is 3. The van der Waals surface area contributed by atoms with Crippen molar-refractivity contribution in [2.45, 2.75) is 199 Å². The lowest BCUT2D eigenvalue weighted by Crippen LogP contribution is -2.29. The van der Waals surface area contributed by atoms with Crippen molar-refractivity contribution in [2.75, 3.05) is 26.4 Å². The highest BCUT2D eigenvalue weighted by Gasteiger charge is 2.36. The summed E-state index contributed by atoms with van der Waals surface area (Å²) in [6, 6.07) is 0. The van der Waals surface area contributed by atoms with E-state index in [9.17, 15) is 19.0 Å². The molecule has 1 fully saturated rings. The number of hydrogen-bond acceptors (Lipinski definition) is 9. The Morgan fingerprint density at radius 3 is 1.81 bits per heavy atom. The van der Waals surface area contributed by atoms with Gasteiger partial charge in [0.2, 0.25) is 0 Å². The number of hydrogen-bond donors (Lipinski definition) is 2. The lowest BCUT2D eigenvalue weighted by Gasteiger charge is -2.19. The van der Waals surface area contributed by atoms with Crippen LogP contribution in [0.1, 0.15) is 181 Å². The highest BCUT2D eigenvalue weighted by Crippen LogP contribution is 2.43. The third-order valence-electron chi connectivity index (χ3n) is 9.45. The van der Waals surface area contributed by atoms with Gasteiger partial charge in [-0.25, -0.2) is 4.57 Å². The number of esters is 2. The summed E-state index contributed by atoms with van der Waals surface area (Å²) >= 11 is 0. The highest BCUT2D eigenvalue weighted by molar-refractivity contribution is 7.47. The number of carbonyl (C=O) groups excluding carboxylic acids is 2. The van der Waals surface area contributed by atoms with Crippen molar-refractivity contribution in [3.05, 3.63) is 36.5 Å². The summed E-state index contributed by atoms with van der Waals surface area (Å²) in [5.74, 6) is -0.895. The molecule has 4 atom stereocenters. The Morgan fingerprint density at radius 1 is 0.667 bits per heavy atom. The van der Waals surface area contributed by atoms with Crippen LogP contribution in [-0.4, -0.2) is 61.5 Å². The second kappa shape index (κ2) is 35.6. The van der Waals surface area contributed by atoms with Gasteiger partial charge in [-0.2, -0.15) is 0 Å². The molecule has 0 aromatic heterocycles. The van der Waals surface area contributed by atoms with Crippen LogP contribution in [0.4, 0.5) is 0 Å². The van der Waals surface area contributed by atoms with E-state index >= 15 is 0 Å². The summed E-state index contributed by atoms with van der Waals surface area (Å²) in [5, 5.41) is 0. The summed E-state index contributed by atoms with van der Waals surface area (Å²) in [6.45, 7) is 3.64. The molecule has 1 saturated heterocycles. The summed E-state index contributed by atoms with van der Waals surface area (Å²) in [4.78, 5) is 34.8. The first-order valence-corrected chi connectivity index (χ1v) is 23.1. The van der Waals surface area contributed by atoms with Crippen LogP contribution in [0.25, 0.3) is 0 Å². The summed E-state index contributed by atoms with van der Waals surface area (Å²) in [6.07, 6.45) is 40.7. The van der Waals surface area contributed by atoms with E-state index in [1.807, 2.05) is 6.08 Å². The molecule has 0 spiro atoms. The Labute approximate surface area is 329 Å². The number of nitrogens with two attached hydrogens (primary N) is 1. The molecule has 11 heteroatoms. The fraction of sp³-hybridized carbons (Fsp3) is 0.814. The number of rotatable bonds is 39. The maximum atomic E-state index is 12.6. The predicted octanol–water partition coefficient (Wildman–Crippen LogP) is 11.2. The van der Waals surface area contributed by atoms with Gasteiger partial charge in [0.25, 0.3) is 0 Å². The Balaban J connectivity index is 2.21. The zero-order valence-corrected chi connectivity index (χ0v) is 35.0. The van der Waals surface area contributed by atoms with E-state index in [2.05, 4.69) is 44.2 Å². The number of epoxide rings is 1. The van der Waals surface area contributed by atoms with Crippen LogP contribution in [0.5, 0.6) is 0 Å². The maximum Gasteiger partial charge on any atom is 0.472 e. The minimum atomic E-state index is -4.39.